The van der Waals surface area contributed by atoms with E-state index in [1.165, 1.54) is 10.5 Å². The second kappa shape index (κ2) is 10.1. The van der Waals surface area contributed by atoms with Crippen LogP contribution in [0.15, 0.2) is 77.2 Å². The van der Waals surface area contributed by atoms with Crippen molar-refractivity contribution in [3.8, 4) is 17.7 Å². The fourth-order valence-electron chi connectivity index (χ4n) is 3.60. The SMILES string of the molecule is Cc1cccc(Oc2nc3c(C)cccn3c(=O)c2/C=C(\C#N)C(=O)NCc2ccccc2)c1C. The second-order valence-electron chi connectivity index (χ2n) is 8.16. The van der Waals surface area contributed by atoms with E-state index in [-0.39, 0.29) is 23.6 Å². The maximum atomic E-state index is 13.5. The van der Waals surface area contributed by atoms with Crippen LogP contribution in [-0.4, -0.2) is 15.3 Å². The summed E-state index contributed by atoms with van der Waals surface area (Å²) in [5.74, 6) is -0.0269. The maximum Gasteiger partial charge on any atom is 0.269 e. The number of nitriles is 1. The van der Waals surface area contributed by atoms with Crippen LogP contribution in [0.4, 0.5) is 0 Å². The molecule has 1 amide bonds. The number of ether oxygens (including phenoxy) is 1. The molecule has 35 heavy (non-hydrogen) atoms. The molecule has 4 rings (SSSR count). The Labute approximate surface area is 203 Å². The molecule has 0 fully saturated rings. The van der Waals surface area contributed by atoms with Crippen molar-refractivity contribution in [1.82, 2.24) is 14.7 Å². The van der Waals surface area contributed by atoms with Crippen LogP contribution in [0.2, 0.25) is 0 Å². The van der Waals surface area contributed by atoms with E-state index in [1.54, 1.807) is 18.3 Å². The molecule has 0 radical (unpaired) electrons. The van der Waals surface area contributed by atoms with Gasteiger partial charge < -0.3 is 10.1 Å². The molecule has 2 heterocycles. The minimum absolute atomic E-state index is 0.0143. The fourth-order valence-corrected chi connectivity index (χ4v) is 3.60. The summed E-state index contributed by atoms with van der Waals surface area (Å²) < 4.78 is 7.49. The number of amides is 1. The Morgan fingerprint density at radius 2 is 1.80 bits per heavy atom. The van der Waals surface area contributed by atoms with Crippen molar-refractivity contribution in [2.24, 2.45) is 0 Å². The van der Waals surface area contributed by atoms with Gasteiger partial charge in [-0.1, -0.05) is 48.5 Å². The van der Waals surface area contributed by atoms with E-state index >= 15 is 0 Å². The van der Waals surface area contributed by atoms with Gasteiger partial charge in [-0.2, -0.15) is 10.2 Å². The molecule has 0 spiro atoms. The first-order chi connectivity index (χ1) is 16.9. The largest absolute Gasteiger partial charge is 0.438 e. The highest BCUT2D eigenvalue weighted by Gasteiger charge is 2.18. The van der Waals surface area contributed by atoms with Crippen molar-refractivity contribution in [2.75, 3.05) is 0 Å². The van der Waals surface area contributed by atoms with E-state index in [0.29, 0.717) is 11.4 Å². The lowest BCUT2D eigenvalue weighted by molar-refractivity contribution is -0.117. The lowest BCUT2D eigenvalue weighted by Gasteiger charge is -2.14. The first-order valence-corrected chi connectivity index (χ1v) is 11.1. The van der Waals surface area contributed by atoms with Crippen molar-refractivity contribution < 1.29 is 9.53 Å². The number of hydrogen-bond donors (Lipinski definition) is 1. The van der Waals surface area contributed by atoms with E-state index < -0.39 is 11.5 Å². The molecule has 4 aromatic rings. The standard InChI is InChI=1S/C28H24N4O3/c1-18-9-7-13-24(20(18)3)35-27-23(28(34)32-14-8-10-19(2)25(32)31-27)15-22(16-29)26(33)30-17-21-11-5-4-6-12-21/h4-15H,17H2,1-3H3,(H,30,33)/b22-15+. The molecule has 1 N–H and O–H groups in total. The minimum Gasteiger partial charge on any atom is -0.438 e. The Kier molecular flexibility index (Phi) is 6.74. The predicted octanol–water partition coefficient (Wildman–Crippen LogP) is 4.64. The van der Waals surface area contributed by atoms with E-state index in [9.17, 15) is 14.9 Å². The summed E-state index contributed by atoms with van der Waals surface area (Å²) in [5.41, 5.74) is 3.37. The number of benzene rings is 2. The molecular formula is C28H24N4O3. The van der Waals surface area contributed by atoms with E-state index in [1.807, 2.05) is 75.4 Å². The van der Waals surface area contributed by atoms with Crippen molar-refractivity contribution in [3.63, 3.8) is 0 Å². The van der Waals surface area contributed by atoms with Crippen LogP contribution >= 0.6 is 0 Å². The number of fused-ring (bicyclic) bond motifs is 1. The van der Waals surface area contributed by atoms with E-state index in [2.05, 4.69) is 10.3 Å². The molecule has 0 bridgehead atoms. The smallest absolute Gasteiger partial charge is 0.269 e. The molecule has 0 saturated carbocycles. The van der Waals surface area contributed by atoms with Crippen LogP contribution in [-0.2, 0) is 11.3 Å². The number of pyridine rings is 1. The van der Waals surface area contributed by atoms with Gasteiger partial charge >= 0.3 is 0 Å². The molecule has 0 saturated heterocycles. The summed E-state index contributed by atoms with van der Waals surface area (Å²) in [6, 6.07) is 20.4. The summed E-state index contributed by atoms with van der Waals surface area (Å²) in [6.45, 7) is 5.97. The molecular weight excluding hydrogens is 440 g/mol. The number of hydrogen-bond acceptors (Lipinski definition) is 5. The van der Waals surface area contributed by atoms with Crippen molar-refractivity contribution in [3.05, 3.63) is 111 Å². The third-order valence-electron chi connectivity index (χ3n) is 5.76. The van der Waals surface area contributed by atoms with E-state index in [4.69, 9.17) is 4.74 Å². The third-order valence-corrected chi connectivity index (χ3v) is 5.76. The van der Waals surface area contributed by atoms with E-state index in [0.717, 1.165) is 22.3 Å². The lowest BCUT2D eigenvalue weighted by Crippen LogP contribution is -2.25. The van der Waals surface area contributed by atoms with Gasteiger partial charge in [0.1, 0.15) is 28.6 Å². The summed E-state index contributed by atoms with van der Waals surface area (Å²) in [4.78, 5) is 30.8. The van der Waals surface area contributed by atoms with Gasteiger partial charge in [0.05, 0.1) is 0 Å². The second-order valence-corrected chi connectivity index (χ2v) is 8.16. The number of nitrogens with one attached hydrogen (secondary N) is 1. The van der Waals surface area contributed by atoms with Crippen molar-refractivity contribution in [2.45, 2.75) is 27.3 Å². The number of aryl methyl sites for hydroxylation is 2. The third kappa shape index (κ3) is 4.97. The highest BCUT2D eigenvalue weighted by molar-refractivity contribution is 6.01. The van der Waals surface area contributed by atoms with Gasteiger partial charge in [0.15, 0.2) is 0 Å². The van der Waals surface area contributed by atoms with Crippen LogP contribution in [0.5, 0.6) is 11.6 Å². The average molecular weight is 465 g/mol. The number of rotatable bonds is 6. The minimum atomic E-state index is -0.595. The van der Waals surface area contributed by atoms with Gasteiger partial charge in [-0.25, -0.2) is 0 Å². The van der Waals surface area contributed by atoms with Gasteiger partial charge in [-0.3, -0.25) is 14.0 Å². The summed E-state index contributed by atoms with van der Waals surface area (Å²) in [6.07, 6.45) is 2.84. The van der Waals surface area contributed by atoms with Crippen LogP contribution in [0.25, 0.3) is 11.7 Å². The fraction of sp³-hybridized carbons (Fsp3) is 0.143. The van der Waals surface area contributed by atoms with Gasteiger partial charge in [-0.15, -0.1) is 0 Å². The van der Waals surface area contributed by atoms with Crippen molar-refractivity contribution in [1.29, 1.82) is 5.26 Å². The molecule has 0 atom stereocenters. The zero-order chi connectivity index (χ0) is 24.9. The molecule has 0 aliphatic carbocycles. The summed E-state index contributed by atoms with van der Waals surface area (Å²) in [7, 11) is 0. The first kappa shape index (κ1) is 23.5. The normalized spacial score (nSPS) is 11.2. The molecule has 0 aliphatic heterocycles. The summed E-state index contributed by atoms with van der Waals surface area (Å²) in [5, 5.41) is 12.4. The Balaban J connectivity index is 1.80. The molecule has 2 aromatic carbocycles. The lowest BCUT2D eigenvalue weighted by atomic mass is 10.1. The van der Waals surface area contributed by atoms with Crippen LogP contribution in [0.3, 0.4) is 0 Å². The number of carbonyl (C=O) groups is 1. The Morgan fingerprint density at radius 1 is 1.06 bits per heavy atom. The molecule has 0 unspecified atom stereocenters. The van der Waals surface area contributed by atoms with Crippen LogP contribution < -0.4 is 15.6 Å². The Morgan fingerprint density at radius 3 is 2.54 bits per heavy atom. The monoisotopic (exact) mass is 464 g/mol. The molecule has 174 valence electrons. The zero-order valence-corrected chi connectivity index (χ0v) is 19.7. The highest BCUT2D eigenvalue weighted by Crippen LogP contribution is 2.28. The molecule has 0 aliphatic rings. The Hall–Kier alpha value is -4.70. The van der Waals surface area contributed by atoms with Gasteiger partial charge in [0.25, 0.3) is 11.5 Å². The Bertz CT molecular complexity index is 1550. The molecule has 7 nitrogen and oxygen atoms in total. The quantitative estimate of drug-likeness (QED) is 0.331. The van der Waals surface area contributed by atoms with Gasteiger partial charge in [0, 0.05) is 12.7 Å². The summed E-state index contributed by atoms with van der Waals surface area (Å²) >= 11 is 0. The number of nitrogens with zero attached hydrogens (tertiary/aromatic N) is 3. The van der Waals surface area contributed by atoms with Crippen LogP contribution in [0, 0.1) is 32.1 Å². The first-order valence-electron chi connectivity index (χ1n) is 11.1. The molecule has 7 heteroatoms. The maximum absolute atomic E-state index is 13.5. The number of carbonyl (C=O) groups excluding carboxylic acids is 1. The topological polar surface area (TPSA) is 96.5 Å². The van der Waals surface area contributed by atoms with Crippen molar-refractivity contribution >= 4 is 17.6 Å². The van der Waals surface area contributed by atoms with Gasteiger partial charge in [0.2, 0.25) is 5.88 Å². The number of aromatic nitrogens is 2. The average Bonchev–Trinajstić information content (AvgIpc) is 2.86. The zero-order valence-electron chi connectivity index (χ0n) is 19.7. The molecule has 2 aromatic heterocycles. The van der Waals surface area contributed by atoms with Gasteiger partial charge in [-0.05, 0) is 61.2 Å². The highest BCUT2D eigenvalue weighted by atomic mass is 16.5. The van der Waals surface area contributed by atoms with Crippen LogP contribution in [0.1, 0.15) is 27.8 Å². The predicted molar refractivity (Wildman–Crippen MR) is 134 cm³/mol.